The van der Waals surface area contributed by atoms with Gasteiger partial charge in [-0.05, 0) is 0 Å². The van der Waals surface area contributed by atoms with Crippen LogP contribution in [0, 0.1) is 0 Å². The number of nitrogen functional groups attached to an aromatic ring is 1. The Hall–Kier alpha value is -1.41. The third kappa shape index (κ3) is 1.60. The molecular formula is C4H5N3O4S. The van der Waals surface area contributed by atoms with Crippen molar-refractivity contribution >= 4 is 15.9 Å². The normalized spacial score (nSPS) is 11.4. The Morgan fingerprint density at radius 3 is 2.58 bits per heavy atom. The van der Waals surface area contributed by atoms with Crippen molar-refractivity contribution in [2.24, 2.45) is 0 Å². The van der Waals surface area contributed by atoms with Crippen molar-refractivity contribution in [3.63, 3.8) is 0 Å². The monoisotopic (exact) mass is 191 g/mol. The van der Waals surface area contributed by atoms with Crippen molar-refractivity contribution in [3.8, 4) is 0 Å². The molecule has 1 rings (SSSR count). The molecule has 0 unspecified atom stereocenters. The quantitative estimate of drug-likeness (QED) is 0.468. The molecule has 0 spiro atoms. The summed E-state index contributed by atoms with van der Waals surface area (Å²) in [5.74, 6) is -0.433. The zero-order valence-corrected chi connectivity index (χ0v) is 6.50. The maximum absolute atomic E-state index is 10.5. The molecule has 12 heavy (non-hydrogen) atoms. The van der Waals surface area contributed by atoms with Crippen LogP contribution in [0.3, 0.4) is 0 Å². The number of nitrogens with one attached hydrogen (secondary N) is 1. The lowest BCUT2D eigenvalue weighted by molar-refractivity contribution is 0.483. The van der Waals surface area contributed by atoms with Gasteiger partial charge in [0.15, 0.2) is 4.90 Å². The number of anilines is 1. The number of aromatic nitrogens is 2. The first-order valence-corrected chi connectivity index (χ1v) is 4.17. The first-order valence-electron chi connectivity index (χ1n) is 2.73. The molecule has 7 nitrogen and oxygen atoms in total. The van der Waals surface area contributed by atoms with Crippen LogP contribution in [0.4, 0.5) is 5.82 Å². The number of nitrogens with zero attached hydrogens (tertiary/aromatic N) is 1. The summed E-state index contributed by atoms with van der Waals surface area (Å²) in [6, 6.07) is 0. The first kappa shape index (κ1) is 8.68. The third-order valence-electron chi connectivity index (χ3n) is 1.08. The minimum atomic E-state index is -4.41. The van der Waals surface area contributed by atoms with Crippen LogP contribution < -0.4 is 11.4 Å². The number of hydrogen-bond acceptors (Lipinski definition) is 5. The van der Waals surface area contributed by atoms with Crippen molar-refractivity contribution in [3.05, 3.63) is 16.7 Å². The average molecular weight is 191 g/mol. The third-order valence-corrected chi connectivity index (χ3v) is 1.97. The molecule has 0 aliphatic carbocycles. The van der Waals surface area contributed by atoms with E-state index in [1.54, 1.807) is 0 Å². The predicted molar refractivity (Wildman–Crippen MR) is 39.1 cm³/mol. The highest BCUT2D eigenvalue weighted by molar-refractivity contribution is 7.86. The molecule has 8 heteroatoms. The number of hydrogen-bond donors (Lipinski definition) is 3. The van der Waals surface area contributed by atoms with Gasteiger partial charge in [-0.2, -0.15) is 8.42 Å². The highest BCUT2D eigenvalue weighted by atomic mass is 32.2. The van der Waals surface area contributed by atoms with E-state index in [4.69, 9.17) is 10.3 Å². The zero-order chi connectivity index (χ0) is 9.35. The molecule has 1 aromatic rings. The Morgan fingerprint density at radius 2 is 2.17 bits per heavy atom. The van der Waals surface area contributed by atoms with E-state index in [9.17, 15) is 13.2 Å². The zero-order valence-electron chi connectivity index (χ0n) is 5.68. The molecule has 1 heterocycles. The Kier molecular flexibility index (Phi) is 1.86. The van der Waals surface area contributed by atoms with E-state index in [2.05, 4.69) is 4.98 Å². The van der Waals surface area contributed by atoms with Crippen LogP contribution >= 0.6 is 0 Å². The minimum absolute atomic E-state index is 0.433. The van der Waals surface area contributed by atoms with Crippen molar-refractivity contribution in [2.75, 3.05) is 5.73 Å². The van der Waals surface area contributed by atoms with Gasteiger partial charge in [-0.3, -0.25) is 9.54 Å². The minimum Gasteiger partial charge on any atom is -0.384 e. The molecule has 0 atom stereocenters. The Balaban J connectivity index is 3.49. The summed E-state index contributed by atoms with van der Waals surface area (Å²) >= 11 is 0. The van der Waals surface area contributed by atoms with Crippen LogP contribution in [-0.2, 0) is 10.1 Å². The highest BCUT2D eigenvalue weighted by Gasteiger charge is 2.14. The predicted octanol–water partition coefficient (Wildman–Crippen LogP) is -1.40. The highest BCUT2D eigenvalue weighted by Crippen LogP contribution is 2.10. The fraction of sp³-hybridized carbons (Fsp3) is 0. The van der Waals surface area contributed by atoms with Gasteiger partial charge in [0.1, 0.15) is 5.82 Å². The van der Waals surface area contributed by atoms with E-state index < -0.39 is 26.5 Å². The fourth-order valence-corrected chi connectivity index (χ4v) is 1.12. The van der Waals surface area contributed by atoms with Gasteiger partial charge in [-0.25, -0.2) is 9.78 Å². The van der Waals surface area contributed by atoms with E-state index in [1.807, 2.05) is 4.98 Å². The van der Waals surface area contributed by atoms with Gasteiger partial charge in [-0.1, -0.05) is 0 Å². The molecule has 0 aromatic carbocycles. The number of nitrogens with two attached hydrogens (primary N) is 1. The maximum atomic E-state index is 10.5. The van der Waals surface area contributed by atoms with Gasteiger partial charge in [0.25, 0.3) is 10.1 Å². The summed E-state index contributed by atoms with van der Waals surface area (Å²) in [7, 11) is -4.41. The van der Waals surface area contributed by atoms with Gasteiger partial charge in [0.05, 0.1) is 6.20 Å². The van der Waals surface area contributed by atoms with E-state index in [-0.39, 0.29) is 0 Å². The Bertz CT molecular complexity index is 448. The lowest BCUT2D eigenvalue weighted by Crippen LogP contribution is -2.16. The molecule has 0 saturated heterocycles. The lowest BCUT2D eigenvalue weighted by atomic mass is 10.6. The fourth-order valence-electron chi connectivity index (χ4n) is 0.601. The molecule has 0 aliphatic heterocycles. The van der Waals surface area contributed by atoms with Crippen LogP contribution in [0.25, 0.3) is 0 Å². The van der Waals surface area contributed by atoms with E-state index in [0.29, 0.717) is 6.20 Å². The average Bonchev–Trinajstić information content (AvgIpc) is 1.83. The summed E-state index contributed by atoms with van der Waals surface area (Å²) in [5, 5.41) is 0. The largest absolute Gasteiger partial charge is 0.384 e. The first-order chi connectivity index (χ1) is 5.41. The van der Waals surface area contributed by atoms with Crippen LogP contribution in [0.1, 0.15) is 0 Å². The summed E-state index contributed by atoms with van der Waals surface area (Å²) in [6.45, 7) is 0. The van der Waals surface area contributed by atoms with Crippen molar-refractivity contribution in [2.45, 2.75) is 4.90 Å². The van der Waals surface area contributed by atoms with Crippen LogP contribution in [-0.4, -0.2) is 22.9 Å². The van der Waals surface area contributed by atoms with Crippen molar-refractivity contribution in [1.82, 2.24) is 9.97 Å². The summed E-state index contributed by atoms with van der Waals surface area (Å²) < 4.78 is 29.4. The maximum Gasteiger partial charge on any atom is 0.346 e. The van der Waals surface area contributed by atoms with E-state index in [1.165, 1.54) is 0 Å². The molecular weight excluding hydrogens is 186 g/mol. The summed E-state index contributed by atoms with van der Waals surface area (Å²) in [4.78, 5) is 14.8. The van der Waals surface area contributed by atoms with Crippen LogP contribution in [0.15, 0.2) is 15.9 Å². The summed E-state index contributed by atoms with van der Waals surface area (Å²) in [6.07, 6.45) is 0.684. The second kappa shape index (κ2) is 2.57. The number of rotatable bonds is 1. The molecule has 1 aromatic heterocycles. The van der Waals surface area contributed by atoms with E-state index in [0.717, 1.165) is 0 Å². The second-order valence-corrected chi connectivity index (χ2v) is 3.33. The number of aromatic amines is 1. The van der Waals surface area contributed by atoms with Gasteiger partial charge < -0.3 is 5.73 Å². The summed E-state index contributed by atoms with van der Waals surface area (Å²) in [5.41, 5.74) is 4.29. The number of H-pyrrole nitrogens is 1. The van der Waals surface area contributed by atoms with Gasteiger partial charge in [-0.15, -0.1) is 0 Å². The SMILES string of the molecule is Nc1[nH]c(=O)ncc1S(=O)(=O)O. The topological polar surface area (TPSA) is 126 Å². The smallest absolute Gasteiger partial charge is 0.346 e. The molecule has 0 bridgehead atoms. The van der Waals surface area contributed by atoms with Crippen LogP contribution in [0.2, 0.25) is 0 Å². The molecule has 0 amide bonds. The molecule has 0 saturated carbocycles. The van der Waals surface area contributed by atoms with E-state index >= 15 is 0 Å². The molecule has 0 fully saturated rings. The van der Waals surface area contributed by atoms with Crippen molar-refractivity contribution < 1.29 is 13.0 Å². The molecule has 4 N–H and O–H groups in total. The standard InChI is InChI=1S/C4H5N3O4S/c5-3-2(12(9,10)11)1-6-4(8)7-3/h1H,(H,9,10,11)(H3,5,6,7,8). The molecule has 0 aliphatic rings. The van der Waals surface area contributed by atoms with Crippen LogP contribution in [0.5, 0.6) is 0 Å². The van der Waals surface area contributed by atoms with Gasteiger partial charge >= 0.3 is 5.69 Å². The molecule has 66 valence electrons. The Morgan fingerprint density at radius 1 is 1.58 bits per heavy atom. The van der Waals surface area contributed by atoms with Gasteiger partial charge in [0.2, 0.25) is 0 Å². The second-order valence-electron chi connectivity index (χ2n) is 1.94. The molecule has 0 radical (unpaired) electrons. The van der Waals surface area contributed by atoms with Crippen molar-refractivity contribution in [1.29, 1.82) is 0 Å². The van der Waals surface area contributed by atoms with Gasteiger partial charge in [0, 0.05) is 0 Å². The lowest BCUT2D eigenvalue weighted by Gasteiger charge is -1.98. The Labute approximate surface area is 67.0 Å².